The highest BCUT2D eigenvalue weighted by atomic mass is 35.5. The van der Waals surface area contributed by atoms with Crippen molar-refractivity contribution in [1.29, 1.82) is 0 Å². The zero-order chi connectivity index (χ0) is 17.8. The standard InChI is InChI=1S/C17H11Cl2FN4O/c18-10-1-3-11(4-2-10)23-17-21-8-7-15(24-17)16(25)22-12-5-6-14(20)13(19)9-12/h1-9H,(H,22,25)(H,21,23,24). The number of halogens is 3. The number of amides is 1. The van der Waals surface area contributed by atoms with E-state index in [9.17, 15) is 9.18 Å². The number of carbonyl (C=O) groups excluding carboxylic acids is 1. The average Bonchev–Trinajstić information content (AvgIpc) is 2.60. The van der Waals surface area contributed by atoms with Gasteiger partial charge in [0.25, 0.3) is 5.91 Å². The van der Waals surface area contributed by atoms with E-state index in [1.165, 1.54) is 30.5 Å². The van der Waals surface area contributed by atoms with Gasteiger partial charge >= 0.3 is 0 Å². The van der Waals surface area contributed by atoms with Crippen LogP contribution in [0.5, 0.6) is 0 Å². The molecule has 2 aromatic carbocycles. The minimum atomic E-state index is -0.559. The molecule has 0 saturated carbocycles. The summed E-state index contributed by atoms with van der Waals surface area (Å²) in [6.07, 6.45) is 1.46. The van der Waals surface area contributed by atoms with Gasteiger partial charge in [0.1, 0.15) is 11.5 Å². The molecular formula is C17H11Cl2FN4O. The fraction of sp³-hybridized carbons (Fsp3) is 0. The van der Waals surface area contributed by atoms with Gasteiger partial charge in [-0.05, 0) is 48.5 Å². The first-order valence-electron chi connectivity index (χ1n) is 7.13. The highest BCUT2D eigenvalue weighted by molar-refractivity contribution is 6.31. The summed E-state index contributed by atoms with van der Waals surface area (Å²) in [5.41, 5.74) is 1.24. The molecule has 0 atom stereocenters. The van der Waals surface area contributed by atoms with Gasteiger partial charge in [-0.3, -0.25) is 4.79 Å². The largest absolute Gasteiger partial charge is 0.324 e. The smallest absolute Gasteiger partial charge is 0.274 e. The maximum absolute atomic E-state index is 13.2. The fourth-order valence-corrected chi connectivity index (χ4v) is 2.28. The topological polar surface area (TPSA) is 66.9 Å². The van der Waals surface area contributed by atoms with Crippen molar-refractivity contribution < 1.29 is 9.18 Å². The highest BCUT2D eigenvalue weighted by Gasteiger charge is 2.11. The van der Waals surface area contributed by atoms with Gasteiger partial charge in [-0.1, -0.05) is 23.2 Å². The lowest BCUT2D eigenvalue weighted by molar-refractivity contribution is 0.102. The van der Waals surface area contributed by atoms with Crippen LogP contribution in [0.3, 0.4) is 0 Å². The van der Waals surface area contributed by atoms with Crippen LogP contribution in [0.4, 0.5) is 21.7 Å². The Hall–Kier alpha value is -2.70. The summed E-state index contributed by atoms with van der Waals surface area (Å²) in [4.78, 5) is 20.5. The number of nitrogens with zero attached hydrogens (tertiary/aromatic N) is 2. The molecule has 1 heterocycles. The third kappa shape index (κ3) is 4.43. The Balaban J connectivity index is 1.74. The molecule has 3 rings (SSSR count). The molecule has 3 aromatic rings. The summed E-state index contributed by atoms with van der Waals surface area (Å²) in [6, 6.07) is 12.3. The SMILES string of the molecule is O=C(Nc1ccc(F)c(Cl)c1)c1ccnc(Nc2ccc(Cl)cc2)n1. The molecular weight excluding hydrogens is 366 g/mol. The summed E-state index contributed by atoms with van der Waals surface area (Å²) in [5, 5.41) is 6.11. The maximum Gasteiger partial charge on any atom is 0.274 e. The van der Waals surface area contributed by atoms with Gasteiger partial charge in [-0.25, -0.2) is 14.4 Å². The number of carbonyl (C=O) groups is 1. The van der Waals surface area contributed by atoms with E-state index < -0.39 is 11.7 Å². The molecule has 25 heavy (non-hydrogen) atoms. The van der Waals surface area contributed by atoms with E-state index in [-0.39, 0.29) is 16.7 Å². The molecule has 0 aliphatic rings. The molecule has 0 aliphatic heterocycles. The van der Waals surface area contributed by atoms with Crippen molar-refractivity contribution in [1.82, 2.24) is 9.97 Å². The van der Waals surface area contributed by atoms with Crippen LogP contribution >= 0.6 is 23.2 Å². The molecule has 1 amide bonds. The number of hydrogen-bond donors (Lipinski definition) is 2. The highest BCUT2D eigenvalue weighted by Crippen LogP contribution is 2.20. The molecule has 0 spiro atoms. The first-order chi connectivity index (χ1) is 12.0. The van der Waals surface area contributed by atoms with E-state index >= 15 is 0 Å². The molecule has 5 nitrogen and oxygen atoms in total. The monoisotopic (exact) mass is 376 g/mol. The van der Waals surface area contributed by atoms with Crippen LogP contribution in [0.25, 0.3) is 0 Å². The number of nitrogens with one attached hydrogen (secondary N) is 2. The predicted octanol–water partition coefficient (Wildman–Crippen LogP) is 4.92. The van der Waals surface area contributed by atoms with Gasteiger partial charge in [-0.15, -0.1) is 0 Å². The van der Waals surface area contributed by atoms with Gasteiger partial charge in [0.05, 0.1) is 5.02 Å². The minimum Gasteiger partial charge on any atom is -0.324 e. The van der Waals surface area contributed by atoms with Crippen molar-refractivity contribution in [3.63, 3.8) is 0 Å². The number of anilines is 3. The van der Waals surface area contributed by atoms with Crippen LogP contribution in [-0.2, 0) is 0 Å². The Bertz CT molecular complexity index is 919. The van der Waals surface area contributed by atoms with E-state index in [2.05, 4.69) is 20.6 Å². The molecule has 0 radical (unpaired) electrons. The van der Waals surface area contributed by atoms with Gasteiger partial charge in [0.2, 0.25) is 5.95 Å². The lowest BCUT2D eigenvalue weighted by Crippen LogP contribution is -2.14. The molecule has 126 valence electrons. The van der Waals surface area contributed by atoms with Gasteiger partial charge in [-0.2, -0.15) is 0 Å². The molecule has 0 aliphatic carbocycles. The Labute approximate surface area is 152 Å². The molecule has 2 N–H and O–H groups in total. The van der Waals surface area contributed by atoms with E-state index in [0.717, 1.165) is 5.69 Å². The van der Waals surface area contributed by atoms with Crippen molar-refractivity contribution in [2.24, 2.45) is 0 Å². The fourth-order valence-electron chi connectivity index (χ4n) is 1.98. The molecule has 0 bridgehead atoms. The predicted molar refractivity (Wildman–Crippen MR) is 96.1 cm³/mol. The van der Waals surface area contributed by atoms with Crippen LogP contribution in [0.1, 0.15) is 10.5 Å². The van der Waals surface area contributed by atoms with E-state index in [1.54, 1.807) is 24.3 Å². The Kier molecular flexibility index (Phi) is 5.11. The average molecular weight is 377 g/mol. The van der Waals surface area contributed by atoms with Crippen LogP contribution in [0.2, 0.25) is 10.0 Å². The van der Waals surface area contributed by atoms with Gasteiger partial charge in [0.15, 0.2) is 0 Å². The minimum absolute atomic E-state index is 0.0782. The van der Waals surface area contributed by atoms with Crippen LogP contribution in [0, 0.1) is 5.82 Å². The second-order valence-corrected chi connectivity index (χ2v) is 5.82. The Morgan fingerprint density at radius 3 is 2.44 bits per heavy atom. The second-order valence-electron chi connectivity index (χ2n) is 4.98. The Morgan fingerprint density at radius 2 is 1.72 bits per heavy atom. The van der Waals surface area contributed by atoms with E-state index in [0.29, 0.717) is 10.7 Å². The molecule has 1 aromatic heterocycles. The third-order valence-electron chi connectivity index (χ3n) is 3.17. The Morgan fingerprint density at radius 1 is 1.00 bits per heavy atom. The first-order valence-corrected chi connectivity index (χ1v) is 7.89. The molecule has 0 saturated heterocycles. The van der Waals surface area contributed by atoms with Crippen molar-refractivity contribution in [3.8, 4) is 0 Å². The number of aromatic nitrogens is 2. The third-order valence-corrected chi connectivity index (χ3v) is 3.71. The number of hydrogen-bond acceptors (Lipinski definition) is 4. The second kappa shape index (κ2) is 7.46. The summed E-state index contributed by atoms with van der Waals surface area (Å²) < 4.78 is 13.2. The van der Waals surface area contributed by atoms with E-state index in [1.807, 2.05) is 0 Å². The molecule has 8 heteroatoms. The summed E-state index contributed by atoms with van der Waals surface area (Å²) in [7, 11) is 0. The maximum atomic E-state index is 13.2. The van der Waals surface area contributed by atoms with Crippen molar-refractivity contribution in [2.45, 2.75) is 0 Å². The summed E-state index contributed by atoms with van der Waals surface area (Å²) in [6.45, 7) is 0. The zero-order valence-electron chi connectivity index (χ0n) is 12.6. The van der Waals surface area contributed by atoms with Crippen LogP contribution in [-0.4, -0.2) is 15.9 Å². The van der Waals surface area contributed by atoms with Crippen molar-refractivity contribution >= 4 is 46.4 Å². The number of rotatable bonds is 4. The van der Waals surface area contributed by atoms with Crippen molar-refractivity contribution in [2.75, 3.05) is 10.6 Å². The quantitative estimate of drug-likeness (QED) is 0.678. The lowest BCUT2D eigenvalue weighted by Gasteiger charge is -2.08. The first kappa shape index (κ1) is 17.1. The summed E-state index contributed by atoms with van der Waals surface area (Å²) in [5.74, 6) is -0.771. The molecule has 0 unspecified atom stereocenters. The van der Waals surface area contributed by atoms with E-state index in [4.69, 9.17) is 23.2 Å². The van der Waals surface area contributed by atoms with Crippen LogP contribution in [0.15, 0.2) is 54.7 Å². The zero-order valence-corrected chi connectivity index (χ0v) is 14.1. The van der Waals surface area contributed by atoms with Gasteiger partial charge < -0.3 is 10.6 Å². The van der Waals surface area contributed by atoms with Crippen LogP contribution < -0.4 is 10.6 Å². The normalized spacial score (nSPS) is 10.4. The number of benzene rings is 2. The van der Waals surface area contributed by atoms with Gasteiger partial charge in [0, 0.05) is 22.6 Å². The lowest BCUT2D eigenvalue weighted by atomic mass is 10.3. The summed E-state index contributed by atoms with van der Waals surface area (Å²) >= 11 is 11.5. The molecule has 0 fully saturated rings. The van der Waals surface area contributed by atoms with Crippen molar-refractivity contribution in [3.05, 3.63) is 76.3 Å².